The maximum Gasteiger partial charge on any atom is 0.347 e. The second kappa shape index (κ2) is 7.98. The lowest BCUT2D eigenvalue weighted by Gasteiger charge is -2.09. The molecule has 29 heavy (non-hydrogen) atoms. The lowest BCUT2D eigenvalue weighted by atomic mass is 10.1. The molecular formula is C23H18N2O4. The summed E-state index contributed by atoms with van der Waals surface area (Å²) in [6.07, 6.45) is 0. The fraction of sp³-hybridized carbons (Fsp3) is 0.0870. The molecule has 1 N–H and O–H groups in total. The molecule has 144 valence electrons. The third-order valence-corrected chi connectivity index (χ3v) is 4.31. The molecule has 0 unspecified atom stereocenters. The number of benzene rings is 3. The second-order valence-electron chi connectivity index (χ2n) is 6.32. The molecule has 1 aromatic heterocycles. The van der Waals surface area contributed by atoms with Crippen LogP contribution in [-0.2, 0) is 0 Å². The van der Waals surface area contributed by atoms with E-state index in [9.17, 15) is 9.59 Å². The number of hydrogen-bond donors (Lipinski definition) is 1. The second-order valence-corrected chi connectivity index (χ2v) is 6.32. The summed E-state index contributed by atoms with van der Waals surface area (Å²) in [5.74, 6) is 0.566. The summed E-state index contributed by atoms with van der Waals surface area (Å²) < 4.78 is 10.8. The lowest BCUT2D eigenvalue weighted by Crippen LogP contribution is -2.12. The first-order valence-corrected chi connectivity index (χ1v) is 9.18. The van der Waals surface area contributed by atoms with Gasteiger partial charge in [-0.3, -0.25) is 4.79 Å². The van der Waals surface area contributed by atoms with Crippen LogP contribution in [0.3, 0.4) is 0 Å². The van der Waals surface area contributed by atoms with E-state index in [4.69, 9.17) is 9.15 Å². The van der Waals surface area contributed by atoms with Crippen LogP contribution in [-0.4, -0.2) is 17.5 Å². The van der Waals surface area contributed by atoms with Gasteiger partial charge < -0.3 is 14.5 Å². The lowest BCUT2D eigenvalue weighted by molar-refractivity contribution is 0.102. The normalized spacial score (nSPS) is 10.7. The number of amides is 1. The van der Waals surface area contributed by atoms with Crippen LogP contribution in [0.1, 0.15) is 17.3 Å². The minimum absolute atomic E-state index is 0.197. The van der Waals surface area contributed by atoms with Gasteiger partial charge in [-0.15, -0.1) is 0 Å². The molecule has 1 amide bonds. The van der Waals surface area contributed by atoms with Gasteiger partial charge in [0.15, 0.2) is 0 Å². The number of carbonyl (C=O) groups is 1. The monoisotopic (exact) mass is 386 g/mol. The van der Waals surface area contributed by atoms with Gasteiger partial charge in [0.1, 0.15) is 5.75 Å². The van der Waals surface area contributed by atoms with E-state index in [0.717, 1.165) is 0 Å². The van der Waals surface area contributed by atoms with Gasteiger partial charge in [-0.05, 0) is 55.5 Å². The first-order valence-electron chi connectivity index (χ1n) is 9.18. The molecule has 4 aromatic rings. The Balaban J connectivity index is 1.62. The third-order valence-electron chi connectivity index (χ3n) is 4.31. The van der Waals surface area contributed by atoms with Crippen LogP contribution in [0.5, 0.6) is 5.75 Å². The van der Waals surface area contributed by atoms with Gasteiger partial charge in [0.05, 0.1) is 17.5 Å². The molecule has 0 spiro atoms. The quantitative estimate of drug-likeness (QED) is 0.546. The Kier molecular flexibility index (Phi) is 5.07. The van der Waals surface area contributed by atoms with Gasteiger partial charge in [0.2, 0.25) is 5.89 Å². The zero-order valence-electron chi connectivity index (χ0n) is 15.7. The van der Waals surface area contributed by atoms with Gasteiger partial charge in [-0.1, -0.05) is 24.3 Å². The predicted molar refractivity (Wildman–Crippen MR) is 111 cm³/mol. The Morgan fingerprint density at radius 1 is 1.03 bits per heavy atom. The predicted octanol–water partition coefficient (Wildman–Crippen LogP) is 4.51. The molecule has 1 heterocycles. The third kappa shape index (κ3) is 4.01. The summed E-state index contributed by atoms with van der Waals surface area (Å²) in [6, 6.07) is 21.0. The molecule has 0 atom stereocenters. The molecule has 3 aromatic carbocycles. The Labute approximate surface area is 166 Å². The van der Waals surface area contributed by atoms with Crippen LogP contribution in [0.15, 0.2) is 82.0 Å². The number of aromatic nitrogens is 1. The van der Waals surface area contributed by atoms with E-state index in [2.05, 4.69) is 10.3 Å². The van der Waals surface area contributed by atoms with Crippen LogP contribution < -0.4 is 15.7 Å². The highest BCUT2D eigenvalue weighted by molar-refractivity contribution is 6.04. The van der Waals surface area contributed by atoms with E-state index in [1.54, 1.807) is 66.7 Å². The molecular weight excluding hydrogens is 368 g/mol. The summed E-state index contributed by atoms with van der Waals surface area (Å²) in [5, 5.41) is 3.27. The maximum absolute atomic E-state index is 12.6. The summed E-state index contributed by atoms with van der Waals surface area (Å²) >= 11 is 0. The summed E-state index contributed by atoms with van der Waals surface area (Å²) in [6.45, 7) is 2.41. The number of para-hydroxylation sites is 1. The fourth-order valence-electron chi connectivity index (χ4n) is 2.97. The van der Waals surface area contributed by atoms with Crippen LogP contribution >= 0.6 is 0 Å². The summed E-state index contributed by atoms with van der Waals surface area (Å²) in [4.78, 5) is 29.2. The number of nitrogens with zero attached hydrogens (tertiary/aromatic N) is 1. The van der Waals surface area contributed by atoms with E-state index in [-0.39, 0.29) is 11.8 Å². The highest BCUT2D eigenvalue weighted by Gasteiger charge is 2.11. The zero-order chi connectivity index (χ0) is 20.2. The minimum atomic E-state index is -0.451. The first kappa shape index (κ1) is 18.4. The Bertz CT molecular complexity index is 1250. The molecule has 6 heteroatoms. The smallest absolute Gasteiger partial charge is 0.347 e. The van der Waals surface area contributed by atoms with Crippen LogP contribution in [0.4, 0.5) is 5.69 Å². The van der Waals surface area contributed by atoms with Crippen molar-refractivity contribution < 1.29 is 13.9 Å². The van der Waals surface area contributed by atoms with Crippen LogP contribution in [0.2, 0.25) is 0 Å². The number of hydrogen-bond acceptors (Lipinski definition) is 5. The van der Waals surface area contributed by atoms with E-state index in [1.165, 1.54) is 0 Å². The summed E-state index contributed by atoms with van der Waals surface area (Å²) in [5.41, 5.74) is 1.74. The van der Waals surface area contributed by atoms with Gasteiger partial charge in [-0.2, -0.15) is 0 Å². The molecule has 0 aliphatic rings. The van der Waals surface area contributed by atoms with E-state index < -0.39 is 5.63 Å². The SMILES string of the molecule is CCOc1cccc(C(=O)Nc2cccc(-c3nc4ccccc4c(=O)o3)c2)c1. The molecule has 0 bridgehead atoms. The number of rotatable bonds is 5. The number of fused-ring (bicyclic) bond motifs is 1. The average Bonchev–Trinajstić information content (AvgIpc) is 2.74. The van der Waals surface area contributed by atoms with E-state index in [1.807, 2.05) is 13.0 Å². The van der Waals surface area contributed by atoms with Gasteiger partial charge in [0, 0.05) is 16.8 Å². The molecule has 6 nitrogen and oxygen atoms in total. The Hall–Kier alpha value is -3.93. The van der Waals surface area contributed by atoms with Crippen molar-refractivity contribution in [3.63, 3.8) is 0 Å². The number of carbonyl (C=O) groups excluding carboxylic acids is 1. The van der Waals surface area contributed by atoms with Gasteiger partial charge in [-0.25, -0.2) is 9.78 Å². The summed E-state index contributed by atoms with van der Waals surface area (Å²) in [7, 11) is 0. The largest absolute Gasteiger partial charge is 0.494 e. The highest BCUT2D eigenvalue weighted by atomic mass is 16.5. The number of anilines is 1. The van der Waals surface area contributed by atoms with Crippen molar-refractivity contribution in [2.45, 2.75) is 6.92 Å². The number of nitrogens with one attached hydrogen (secondary N) is 1. The Morgan fingerprint density at radius 3 is 2.72 bits per heavy atom. The maximum atomic E-state index is 12.6. The molecule has 0 fully saturated rings. The van der Waals surface area contributed by atoms with Crippen molar-refractivity contribution in [3.05, 3.63) is 88.8 Å². The van der Waals surface area contributed by atoms with Gasteiger partial charge >= 0.3 is 5.63 Å². The molecule has 0 saturated heterocycles. The topological polar surface area (TPSA) is 81.4 Å². The minimum Gasteiger partial charge on any atom is -0.494 e. The van der Waals surface area contributed by atoms with E-state index >= 15 is 0 Å². The average molecular weight is 386 g/mol. The molecule has 0 radical (unpaired) electrons. The highest BCUT2D eigenvalue weighted by Crippen LogP contribution is 2.23. The zero-order valence-corrected chi connectivity index (χ0v) is 15.7. The molecule has 0 aliphatic heterocycles. The first-order chi connectivity index (χ1) is 14.1. The van der Waals surface area contributed by atoms with Crippen molar-refractivity contribution in [1.82, 2.24) is 4.98 Å². The standard InChI is InChI=1S/C23H18N2O4/c1-2-28-18-10-6-7-15(14-18)21(26)24-17-9-5-8-16(13-17)22-25-20-12-4-3-11-19(20)23(27)29-22/h3-14H,2H2,1H3,(H,24,26). The fourth-order valence-corrected chi connectivity index (χ4v) is 2.97. The Morgan fingerprint density at radius 2 is 1.86 bits per heavy atom. The molecule has 0 saturated carbocycles. The molecule has 4 rings (SSSR count). The van der Waals surface area contributed by atoms with E-state index in [0.29, 0.717) is 40.1 Å². The van der Waals surface area contributed by atoms with Gasteiger partial charge in [0.25, 0.3) is 5.91 Å². The van der Waals surface area contributed by atoms with Crippen molar-refractivity contribution in [3.8, 4) is 17.2 Å². The molecule has 0 aliphatic carbocycles. The van der Waals surface area contributed by atoms with Crippen molar-refractivity contribution in [2.75, 3.05) is 11.9 Å². The van der Waals surface area contributed by atoms with Crippen LogP contribution in [0, 0.1) is 0 Å². The van der Waals surface area contributed by atoms with Crippen molar-refractivity contribution in [2.24, 2.45) is 0 Å². The van der Waals surface area contributed by atoms with Crippen molar-refractivity contribution in [1.29, 1.82) is 0 Å². The van der Waals surface area contributed by atoms with Crippen molar-refractivity contribution >= 4 is 22.5 Å². The van der Waals surface area contributed by atoms with Crippen LogP contribution in [0.25, 0.3) is 22.4 Å². The number of ether oxygens (including phenoxy) is 1.